The molecule has 5 aromatic rings. The molecule has 0 radical (unpaired) electrons. The van der Waals surface area contributed by atoms with Crippen LogP contribution in [0.5, 0.6) is 5.75 Å². The van der Waals surface area contributed by atoms with Crippen molar-refractivity contribution in [2.45, 2.75) is 30.4 Å². The minimum Gasteiger partial charge on any atom is -0.497 e. The smallest absolute Gasteiger partial charge is 0.272 e. The van der Waals surface area contributed by atoms with Crippen LogP contribution < -0.4 is 20.7 Å². The van der Waals surface area contributed by atoms with Gasteiger partial charge < -0.3 is 20.7 Å². The Morgan fingerprint density at radius 2 is 1.73 bits per heavy atom. The first-order valence-corrected chi connectivity index (χ1v) is 16.0. The molecule has 0 aliphatic heterocycles. The van der Waals surface area contributed by atoms with Gasteiger partial charge in [-0.2, -0.15) is 0 Å². The van der Waals surface area contributed by atoms with Crippen molar-refractivity contribution < 1.29 is 19.1 Å². The molecular weight excluding hydrogens is 605 g/mol. The molecule has 0 fully saturated rings. The summed E-state index contributed by atoms with van der Waals surface area (Å²) in [4.78, 5) is 45.1. The molecule has 0 aliphatic carbocycles. The minimum atomic E-state index is -0.500. The van der Waals surface area contributed by atoms with Crippen LogP contribution in [0.4, 0.5) is 10.8 Å². The number of hydrogen-bond donors (Lipinski definition) is 3. The number of methoxy groups -OCH3 is 1. The minimum absolute atomic E-state index is 0.0620. The molecule has 0 saturated carbocycles. The summed E-state index contributed by atoms with van der Waals surface area (Å²) in [6.45, 7) is 3.98. The molecule has 4 aromatic carbocycles. The molecule has 8 nitrogen and oxygen atoms in total. The van der Waals surface area contributed by atoms with Crippen LogP contribution in [-0.4, -0.2) is 35.1 Å². The summed E-state index contributed by atoms with van der Waals surface area (Å²) in [6.07, 6.45) is 2.19. The molecule has 0 spiro atoms. The second-order valence-corrected chi connectivity index (χ2v) is 12.4. The first-order valence-electron chi connectivity index (χ1n) is 14.3. The molecule has 10 heteroatoms. The second kappa shape index (κ2) is 14.7. The van der Waals surface area contributed by atoms with Crippen LogP contribution in [0.1, 0.15) is 34.8 Å². The van der Waals surface area contributed by atoms with E-state index in [2.05, 4.69) is 27.0 Å². The lowest BCUT2D eigenvalue weighted by molar-refractivity contribution is -0.116. The molecule has 1 heterocycles. The van der Waals surface area contributed by atoms with Crippen molar-refractivity contribution in [2.75, 3.05) is 17.7 Å². The summed E-state index contributed by atoms with van der Waals surface area (Å²) >= 11 is 2.85. The Morgan fingerprint density at radius 1 is 0.933 bits per heavy atom. The average Bonchev–Trinajstić information content (AvgIpc) is 3.45. The van der Waals surface area contributed by atoms with Crippen molar-refractivity contribution in [3.8, 4) is 5.75 Å². The Kier molecular flexibility index (Phi) is 10.3. The number of anilines is 2. The third kappa shape index (κ3) is 8.37. The van der Waals surface area contributed by atoms with Gasteiger partial charge in [0.1, 0.15) is 11.4 Å². The molecule has 1 atom stereocenters. The number of thiazole rings is 1. The molecule has 0 aliphatic rings. The number of thioether (sulfide) groups is 1. The van der Waals surface area contributed by atoms with Crippen LogP contribution in [0.15, 0.2) is 108 Å². The Balaban J connectivity index is 1.31. The topological polar surface area (TPSA) is 109 Å². The van der Waals surface area contributed by atoms with Gasteiger partial charge in [0.05, 0.1) is 22.6 Å². The highest BCUT2D eigenvalue weighted by Gasteiger charge is 2.21. The van der Waals surface area contributed by atoms with Gasteiger partial charge in [0.2, 0.25) is 5.91 Å². The number of benzene rings is 4. The van der Waals surface area contributed by atoms with E-state index in [0.717, 1.165) is 20.7 Å². The first-order chi connectivity index (χ1) is 21.8. The maximum atomic E-state index is 13.5. The van der Waals surface area contributed by atoms with Gasteiger partial charge >= 0.3 is 0 Å². The molecule has 3 N–H and O–H groups in total. The Bertz CT molecular complexity index is 1870. The lowest BCUT2D eigenvalue weighted by atomic mass is 10.1. The lowest BCUT2D eigenvalue weighted by Gasteiger charge is -2.15. The predicted molar refractivity (Wildman–Crippen MR) is 183 cm³/mol. The van der Waals surface area contributed by atoms with Crippen LogP contribution in [0.3, 0.4) is 0 Å². The molecule has 45 heavy (non-hydrogen) atoms. The Morgan fingerprint density at radius 3 is 2.51 bits per heavy atom. The van der Waals surface area contributed by atoms with Crippen molar-refractivity contribution in [1.82, 2.24) is 10.3 Å². The van der Waals surface area contributed by atoms with Gasteiger partial charge in [-0.25, -0.2) is 4.98 Å². The van der Waals surface area contributed by atoms with Crippen LogP contribution in [0.2, 0.25) is 0 Å². The SMILES string of the molecule is CCC(Sc1cccc(NC(=O)/C(=C/c2cccc(OC)c2)NC(=O)c2ccccc2)c1)C(=O)Nc1nc2ccc(C)cc2s1. The molecular formula is C35H32N4O4S2. The van der Waals surface area contributed by atoms with Crippen LogP contribution in [0, 0.1) is 6.92 Å². The van der Waals surface area contributed by atoms with Gasteiger partial charge in [0.15, 0.2) is 5.13 Å². The molecule has 5 rings (SSSR count). The van der Waals surface area contributed by atoms with Crippen molar-refractivity contribution >= 4 is 67.9 Å². The zero-order valence-corrected chi connectivity index (χ0v) is 26.6. The van der Waals surface area contributed by atoms with E-state index in [0.29, 0.717) is 34.1 Å². The van der Waals surface area contributed by atoms with Gasteiger partial charge in [0, 0.05) is 16.1 Å². The average molecular weight is 637 g/mol. The molecule has 1 aromatic heterocycles. The number of ether oxygens (including phenoxy) is 1. The summed E-state index contributed by atoms with van der Waals surface area (Å²) in [6, 6.07) is 29.1. The van der Waals surface area contributed by atoms with Gasteiger partial charge in [-0.1, -0.05) is 60.7 Å². The van der Waals surface area contributed by atoms with Crippen molar-refractivity contribution in [1.29, 1.82) is 0 Å². The third-order valence-electron chi connectivity index (χ3n) is 6.74. The number of rotatable bonds is 11. The highest BCUT2D eigenvalue weighted by molar-refractivity contribution is 8.00. The number of fused-ring (bicyclic) bond motifs is 1. The maximum absolute atomic E-state index is 13.5. The molecule has 1 unspecified atom stereocenters. The fourth-order valence-corrected chi connectivity index (χ4v) is 6.42. The first kappa shape index (κ1) is 31.5. The highest BCUT2D eigenvalue weighted by atomic mass is 32.2. The van der Waals surface area contributed by atoms with E-state index < -0.39 is 11.8 Å². The van der Waals surface area contributed by atoms with Crippen LogP contribution in [-0.2, 0) is 9.59 Å². The van der Waals surface area contributed by atoms with Gasteiger partial charge in [-0.05, 0) is 85.1 Å². The second-order valence-electron chi connectivity index (χ2n) is 10.1. The predicted octanol–water partition coefficient (Wildman–Crippen LogP) is 7.53. The quantitative estimate of drug-likeness (QED) is 0.102. The summed E-state index contributed by atoms with van der Waals surface area (Å²) in [5, 5.41) is 8.80. The number of amides is 3. The number of nitrogens with zero attached hydrogens (tertiary/aromatic N) is 1. The molecule has 228 valence electrons. The van der Waals surface area contributed by atoms with Crippen LogP contribution in [0.25, 0.3) is 16.3 Å². The van der Waals surface area contributed by atoms with Gasteiger partial charge in [0.25, 0.3) is 11.8 Å². The fourth-order valence-electron chi connectivity index (χ4n) is 4.44. The standard InChI is InChI=1S/C35H32N4O4S2/c1-4-30(34(42)39-35-38-28-17-16-22(2)18-31(28)45-35)44-27-15-9-13-25(21-27)36-33(41)29(20-23-10-8-14-26(19-23)43-3)37-32(40)24-11-6-5-7-12-24/h5-21,30H,4H2,1-3H3,(H,36,41)(H,37,40)(H,38,39,42)/b29-20-. The third-order valence-corrected chi connectivity index (χ3v) is 9.03. The van der Waals surface area contributed by atoms with Gasteiger partial charge in [-0.3, -0.25) is 14.4 Å². The van der Waals surface area contributed by atoms with Gasteiger partial charge in [-0.15, -0.1) is 11.8 Å². The van der Waals surface area contributed by atoms with E-state index in [9.17, 15) is 14.4 Å². The molecule has 0 saturated heterocycles. The summed E-state index contributed by atoms with van der Waals surface area (Å²) in [5.41, 5.74) is 3.67. The monoisotopic (exact) mass is 636 g/mol. The van der Waals surface area contributed by atoms with E-state index in [-0.39, 0.29) is 16.9 Å². The van der Waals surface area contributed by atoms with Crippen molar-refractivity contribution in [3.63, 3.8) is 0 Å². The van der Waals surface area contributed by atoms with Crippen LogP contribution >= 0.6 is 23.1 Å². The number of carbonyl (C=O) groups excluding carboxylic acids is 3. The summed E-state index contributed by atoms with van der Waals surface area (Å²) in [7, 11) is 1.56. The maximum Gasteiger partial charge on any atom is 0.272 e. The lowest BCUT2D eigenvalue weighted by Crippen LogP contribution is -2.30. The number of aryl methyl sites for hydroxylation is 1. The zero-order valence-electron chi connectivity index (χ0n) is 25.0. The normalized spacial score (nSPS) is 11.9. The van der Waals surface area contributed by atoms with E-state index in [1.807, 2.05) is 50.2 Å². The van der Waals surface area contributed by atoms with Crippen molar-refractivity contribution in [3.05, 3.63) is 119 Å². The van der Waals surface area contributed by atoms with Crippen molar-refractivity contribution in [2.24, 2.45) is 0 Å². The summed E-state index contributed by atoms with van der Waals surface area (Å²) < 4.78 is 6.34. The number of aromatic nitrogens is 1. The Hall–Kier alpha value is -4.93. The number of nitrogens with one attached hydrogen (secondary N) is 3. The zero-order chi connectivity index (χ0) is 31.8. The number of hydrogen-bond acceptors (Lipinski definition) is 7. The highest BCUT2D eigenvalue weighted by Crippen LogP contribution is 2.31. The fraction of sp³-hybridized carbons (Fsp3) is 0.143. The van der Waals surface area contributed by atoms with E-state index >= 15 is 0 Å². The molecule has 3 amide bonds. The largest absolute Gasteiger partial charge is 0.497 e. The Labute approximate surface area is 269 Å². The molecule has 0 bridgehead atoms. The van der Waals surface area contributed by atoms with E-state index in [4.69, 9.17) is 4.74 Å². The number of carbonyl (C=O) groups is 3. The van der Waals surface area contributed by atoms with E-state index in [1.165, 1.54) is 23.1 Å². The summed E-state index contributed by atoms with van der Waals surface area (Å²) in [5.74, 6) is -0.431. The van der Waals surface area contributed by atoms with E-state index in [1.54, 1.807) is 67.8 Å².